The van der Waals surface area contributed by atoms with Crippen molar-refractivity contribution in [1.82, 2.24) is 24.9 Å². The lowest BCUT2D eigenvalue weighted by atomic mass is 10.1. The Morgan fingerprint density at radius 2 is 2.21 bits per heavy atom. The highest BCUT2D eigenvalue weighted by molar-refractivity contribution is 14.0. The Morgan fingerprint density at radius 1 is 1.48 bits per heavy atom. The molecular weight excluding hydrogens is 487 g/mol. The third kappa shape index (κ3) is 8.00. The van der Waals surface area contributed by atoms with Gasteiger partial charge in [-0.2, -0.15) is 5.10 Å². The number of aryl methyl sites for hydroxylation is 1. The Morgan fingerprint density at radius 3 is 2.76 bits per heavy atom. The van der Waals surface area contributed by atoms with E-state index in [1.54, 1.807) is 16.6 Å². The molecule has 0 aromatic carbocycles. The van der Waals surface area contributed by atoms with E-state index in [0.717, 1.165) is 18.1 Å². The Balaban J connectivity index is 0.00000420. The van der Waals surface area contributed by atoms with E-state index in [2.05, 4.69) is 20.3 Å². The number of morpholine rings is 1. The van der Waals surface area contributed by atoms with Gasteiger partial charge in [0.2, 0.25) is 0 Å². The number of guanidine groups is 1. The predicted molar refractivity (Wildman–Crippen MR) is 124 cm³/mol. The highest BCUT2D eigenvalue weighted by Gasteiger charge is 2.25. The highest BCUT2D eigenvalue weighted by atomic mass is 127. The minimum Gasteiger partial charge on any atom is -0.444 e. The second kappa shape index (κ2) is 11.6. The summed E-state index contributed by atoms with van der Waals surface area (Å²) < 4.78 is 13.1. The van der Waals surface area contributed by atoms with Crippen LogP contribution in [0.3, 0.4) is 0 Å². The van der Waals surface area contributed by atoms with Gasteiger partial charge in [0.15, 0.2) is 5.96 Å². The van der Waals surface area contributed by atoms with Gasteiger partial charge < -0.3 is 24.6 Å². The van der Waals surface area contributed by atoms with Crippen molar-refractivity contribution in [1.29, 1.82) is 0 Å². The molecule has 29 heavy (non-hydrogen) atoms. The second-order valence-electron chi connectivity index (χ2n) is 7.79. The molecule has 166 valence electrons. The van der Waals surface area contributed by atoms with Crippen LogP contribution in [-0.4, -0.2) is 83.6 Å². The molecule has 1 aromatic rings. The molecule has 10 heteroatoms. The van der Waals surface area contributed by atoms with Crippen LogP contribution in [0, 0.1) is 0 Å². The Kier molecular flexibility index (Phi) is 10.2. The molecule has 0 saturated carbocycles. The van der Waals surface area contributed by atoms with Gasteiger partial charge >= 0.3 is 6.09 Å². The monoisotopic (exact) mass is 522 g/mol. The van der Waals surface area contributed by atoms with Crippen LogP contribution in [0.25, 0.3) is 0 Å². The van der Waals surface area contributed by atoms with Gasteiger partial charge in [0.25, 0.3) is 0 Å². The molecule has 0 bridgehead atoms. The number of rotatable bonds is 5. The van der Waals surface area contributed by atoms with E-state index in [0.29, 0.717) is 32.8 Å². The van der Waals surface area contributed by atoms with E-state index in [4.69, 9.17) is 9.47 Å². The van der Waals surface area contributed by atoms with Crippen LogP contribution in [0.15, 0.2) is 17.4 Å². The third-order valence-corrected chi connectivity index (χ3v) is 4.37. The topological polar surface area (TPSA) is 84.2 Å². The molecule has 1 amide bonds. The first-order chi connectivity index (χ1) is 13.2. The van der Waals surface area contributed by atoms with Crippen molar-refractivity contribution < 1.29 is 14.3 Å². The predicted octanol–water partition coefficient (Wildman–Crippen LogP) is 2.24. The summed E-state index contributed by atoms with van der Waals surface area (Å²) in [6.07, 6.45) is 3.49. The zero-order chi connectivity index (χ0) is 20.7. The van der Waals surface area contributed by atoms with Gasteiger partial charge in [0.05, 0.1) is 19.3 Å². The first kappa shape index (κ1) is 25.5. The molecule has 0 radical (unpaired) electrons. The summed E-state index contributed by atoms with van der Waals surface area (Å²) in [5.74, 6) is 0.803. The maximum Gasteiger partial charge on any atom is 0.410 e. The number of amides is 1. The molecule has 2 heterocycles. The van der Waals surface area contributed by atoms with E-state index >= 15 is 0 Å². The van der Waals surface area contributed by atoms with Crippen molar-refractivity contribution in [2.45, 2.75) is 39.4 Å². The van der Waals surface area contributed by atoms with Crippen LogP contribution in [0.5, 0.6) is 0 Å². The fourth-order valence-electron chi connectivity index (χ4n) is 2.99. The van der Waals surface area contributed by atoms with Crippen molar-refractivity contribution >= 4 is 36.0 Å². The van der Waals surface area contributed by atoms with E-state index in [1.807, 2.05) is 47.1 Å². The molecule has 0 spiro atoms. The second-order valence-corrected chi connectivity index (χ2v) is 7.79. The third-order valence-electron chi connectivity index (χ3n) is 4.37. The first-order valence-electron chi connectivity index (χ1n) is 9.77. The van der Waals surface area contributed by atoms with Crippen LogP contribution in [0.1, 0.15) is 39.4 Å². The lowest BCUT2D eigenvalue weighted by molar-refractivity contribution is -0.00807. The molecule has 1 aromatic heterocycles. The van der Waals surface area contributed by atoms with Crippen molar-refractivity contribution in [2.75, 3.05) is 46.4 Å². The molecule has 1 aliphatic heterocycles. The van der Waals surface area contributed by atoms with Gasteiger partial charge in [0, 0.05) is 52.0 Å². The molecule has 2 rings (SSSR count). The largest absolute Gasteiger partial charge is 0.444 e. The molecular formula is C19H35IN6O3. The summed E-state index contributed by atoms with van der Waals surface area (Å²) in [6, 6.07) is 0. The Hall–Kier alpha value is -1.56. The van der Waals surface area contributed by atoms with E-state index in [-0.39, 0.29) is 36.2 Å². The van der Waals surface area contributed by atoms with Gasteiger partial charge in [0.1, 0.15) is 11.7 Å². The smallest absolute Gasteiger partial charge is 0.410 e. The van der Waals surface area contributed by atoms with Crippen LogP contribution >= 0.6 is 24.0 Å². The number of ether oxygens (including phenoxy) is 2. The maximum absolute atomic E-state index is 12.2. The van der Waals surface area contributed by atoms with Crippen molar-refractivity contribution in [3.63, 3.8) is 0 Å². The molecule has 9 nitrogen and oxygen atoms in total. The van der Waals surface area contributed by atoms with Crippen molar-refractivity contribution in [2.24, 2.45) is 12.0 Å². The van der Waals surface area contributed by atoms with Gasteiger partial charge in [-0.1, -0.05) is 0 Å². The quantitative estimate of drug-likeness (QED) is 0.363. The summed E-state index contributed by atoms with van der Waals surface area (Å²) in [4.78, 5) is 20.5. The molecule has 1 atom stereocenters. The summed E-state index contributed by atoms with van der Waals surface area (Å²) in [6.45, 7) is 11.4. The van der Waals surface area contributed by atoms with Gasteiger partial charge in [-0.05, 0) is 27.7 Å². The van der Waals surface area contributed by atoms with E-state index in [1.165, 1.54) is 0 Å². The minimum atomic E-state index is -0.497. The minimum absolute atomic E-state index is 0. The zero-order valence-corrected chi connectivity index (χ0v) is 20.7. The number of hydrogen-bond donors (Lipinski definition) is 1. The number of nitrogens with one attached hydrogen (secondary N) is 1. The highest BCUT2D eigenvalue weighted by Crippen LogP contribution is 2.21. The number of hydrogen-bond acceptors (Lipinski definition) is 5. The number of aromatic nitrogens is 2. The van der Waals surface area contributed by atoms with Gasteiger partial charge in [-0.3, -0.25) is 9.67 Å². The molecule has 1 saturated heterocycles. The Labute approximate surface area is 190 Å². The Bertz CT molecular complexity index is 673. The number of carbonyl (C=O) groups excluding carboxylic acids is 1. The van der Waals surface area contributed by atoms with Crippen molar-refractivity contribution in [3.8, 4) is 0 Å². The standard InChI is InChI=1S/C19H34N6O3.HI/c1-7-24(18(26)28-19(2,3)4)9-8-21-17(20-5)25-10-11-27-16(14-25)15-12-22-23(6)13-15;/h12-13,16H,7-11,14H2,1-6H3,(H,20,21);1H. The zero-order valence-electron chi connectivity index (χ0n) is 18.3. The van der Waals surface area contributed by atoms with Crippen LogP contribution < -0.4 is 5.32 Å². The summed E-state index contributed by atoms with van der Waals surface area (Å²) in [7, 11) is 3.66. The normalized spacial score (nSPS) is 17.5. The van der Waals surface area contributed by atoms with Crippen LogP contribution in [0.4, 0.5) is 4.79 Å². The summed E-state index contributed by atoms with van der Waals surface area (Å²) in [5.41, 5.74) is 0.563. The van der Waals surface area contributed by atoms with Gasteiger partial charge in [-0.25, -0.2) is 4.79 Å². The maximum atomic E-state index is 12.2. The van der Waals surface area contributed by atoms with Gasteiger partial charge in [-0.15, -0.1) is 24.0 Å². The lowest BCUT2D eigenvalue weighted by Crippen LogP contribution is -2.50. The van der Waals surface area contributed by atoms with E-state index in [9.17, 15) is 4.79 Å². The summed E-state index contributed by atoms with van der Waals surface area (Å²) >= 11 is 0. The molecule has 1 unspecified atom stereocenters. The number of nitrogens with zero attached hydrogens (tertiary/aromatic N) is 5. The SMILES string of the molecule is CCN(CCNC(=NC)N1CCOC(c2cnn(C)c2)C1)C(=O)OC(C)(C)C.I. The van der Waals surface area contributed by atoms with E-state index < -0.39 is 5.60 Å². The molecule has 0 aliphatic carbocycles. The lowest BCUT2D eigenvalue weighted by Gasteiger charge is -2.35. The fourth-order valence-corrected chi connectivity index (χ4v) is 2.99. The van der Waals surface area contributed by atoms with Crippen molar-refractivity contribution in [3.05, 3.63) is 18.0 Å². The first-order valence-corrected chi connectivity index (χ1v) is 9.77. The number of carbonyl (C=O) groups is 1. The average Bonchev–Trinajstić information content (AvgIpc) is 3.07. The van der Waals surface area contributed by atoms with Crippen LogP contribution in [0.2, 0.25) is 0 Å². The van der Waals surface area contributed by atoms with Crippen LogP contribution in [-0.2, 0) is 16.5 Å². The number of halogens is 1. The summed E-state index contributed by atoms with van der Waals surface area (Å²) in [5, 5.41) is 7.57. The number of aliphatic imine (C=N–C) groups is 1. The fraction of sp³-hybridized carbons (Fsp3) is 0.737. The molecule has 1 aliphatic rings. The molecule has 1 fully saturated rings. The molecule has 1 N–H and O–H groups in total. The average molecular weight is 522 g/mol. The number of likely N-dealkylation sites (N-methyl/N-ethyl adjacent to an activating group) is 1.